The lowest BCUT2D eigenvalue weighted by Gasteiger charge is -2.13. The predicted molar refractivity (Wildman–Crippen MR) is 77.7 cm³/mol. The van der Waals surface area contributed by atoms with Crippen LogP contribution in [0.1, 0.15) is 24.1 Å². The lowest BCUT2D eigenvalue weighted by Crippen LogP contribution is -2.07. The Morgan fingerprint density at radius 2 is 2.21 bits per heavy atom. The van der Waals surface area contributed by atoms with Crippen molar-refractivity contribution in [3.8, 4) is 0 Å². The molecule has 3 aromatic heterocycles. The van der Waals surface area contributed by atoms with Crippen LogP contribution in [0.2, 0.25) is 0 Å². The molecular formula is C14H14N4S. The van der Waals surface area contributed by atoms with Gasteiger partial charge in [0.1, 0.15) is 0 Å². The fourth-order valence-corrected chi connectivity index (χ4v) is 2.60. The molecule has 0 radical (unpaired) electrons. The van der Waals surface area contributed by atoms with Gasteiger partial charge in [0.2, 0.25) is 0 Å². The van der Waals surface area contributed by atoms with Crippen molar-refractivity contribution in [2.24, 2.45) is 0 Å². The van der Waals surface area contributed by atoms with Crippen molar-refractivity contribution < 1.29 is 0 Å². The van der Waals surface area contributed by atoms with E-state index >= 15 is 0 Å². The van der Waals surface area contributed by atoms with Crippen LogP contribution >= 0.6 is 12.2 Å². The van der Waals surface area contributed by atoms with Gasteiger partial charge in [-0.1, -0.05) is 6.07 Å². The first-order chi connectivity index (χ1) is 9.16. The van der Waals surface area contributed by atoms with Crippen molar-refractivity contribution >= 4 is 23.4 Å². The summed E-state index contributed by atoms with van der Waals surface area (Å²) >= 11 is 5.42. The molecule has 0 fully saturated rings. The van der Waals surface area contributed by atoms with Gasteiger partial charge in [-0.2, -0.15) is 0 Å². The molecule has 0 aliphatic heterocycles. The molecule has 0 aliphatic carbocycles. The Morgan fingerprint density at radius 1 is 1.37 bits per heavy atom. The zero-order valence-electron chi connectivity index (χ0n) is 10.8. The van der Waals surface area contributed by atoms with Gasteiger partial charge in [0.15, 0.2) is 10.4 Å². The molecule has 0 saturated carbocycles. The minimum absolute atomic E-state index is 0.102. The number of nitrogens with one attached hydrogen (secondary N) is 1. The summed E-state index contributed by atoms with van der Waals surface area (Å²) in [6, 6.07) is 6.14. The van der Waals surface area contributed by atoms with Gasteiger partial charge < -0.3 is 4.98 Å². The van der Waals surface area contributed by atoms with Gasteiger partial charge in [-0.25, -0.2) is 4.98 Å². The highest BCUT2D eigenvalue weighted by Crippen LogP contribution is 2.22. The Labute approximate surface area is 116 Å². The first-order valence-corrected chi connectivity index (χ1v) is 6.54. The summed E-state index contributed by atoms with van der Waals surface area (Å²) in [6.07, 6.45) is 5.49. The van der Waals surface area contributed by atoms with Crippen molar-refractivity contribution in [2.75, 3.05) is 0 Å². The van der Waals surface area contributed by atoms with Gasteiger partial charge in [-0.3, -0.25) is 9.55 Å². The summed E-state index contributed by atoms with van der Waals surface area (Å²) in [6.45, 7) is 4.12. The van der Waals surface area contributed by atoms with E-state index in [1.807, 2.05) is 36.0 Å². The van der Waals surface area contributed by atoms with Crippen LogP contribution in [0.15, 0.2) is 36.8 Å². The number of nitrogens with zero attached hydrogens (tertiary/aromatic N) is 3. The van der Waals surface area contributed by atoms with Crippen molar-refractivity contribution in [1.82, 2.24) is 19.5 Å². The number of rotatable bonds is 2. The highest BCUT2D eigenvalue weighted by atomic mass is 32.1. The molecule has 5 heteroatoms. The highest BCUT2D eigenvalue weighted by molar-refractivity contribution is 7.71. The van der Waals surface area contributed by atoms with E-state index in [2.05, 4.69) is 27.9 Å². The number of hydrogen-bond acceptors (Lipinski definition) is 3. The molecular weight excluding hydrogens is 256 g/mol. The average Bonchev–Trinajstić information content (AvgIpc) is 2.74. The van der Waals surface area contributed by atoms with Gasteiger partial charge in [-0.15, -0.1) is 0 Å². The summed E-state index contributed by atoms with van der Waals surface area (Å²) in [4.78, 5) is 11.9. The van der Waals surface area contributed by atoms with E-state index in [0.29, 0.717) is 4.77 Å². The summed E-state index contributed by atoms with van der Waals surface area (Å²) in [5.41, 5.74) is 4.08. The van der Waals surface area contributed by atoms with Crippen LogP contribution in [0.5, 0.6) is 0 Å². The number of fused-ring (bicyclic) bond motifs is 1. The van der Waals surface area contributed by atoms with Crippen LogP contribution < -0.4 is 0 Å². The van der Waals surface area contributed by atoms with Crippen molar-refractivity contribution in [3.63, 3.8) is 0 Å². The minimum Gasteiger partial charge on any atom is -0.329 e. The Bertz CT molecular complexity index is 773. The molecule has 3 aromatic rings. The Kier molecular flexibility index (Phi) is 2.91. The van der Waals surface area contributed by atoms with E-state index in [1.165, 1.54) is 0 Å². The first kappa shape index (κ1) is 12.0. The number of pyridine rings is 2. The smallest absolute Gasteiger partial charge is 0.179 e. The fourth-order valence-electron chi connectivity index (χ4n) is 2.25. The van der Waals surface area contributed by atoms with Crippen LogP contribution in [0, 0.1) is 11.7 Å². The molecule has 3 rings (SSSR count). The summed E-state index contributed by atoms with van der Waals surface area (Å²) in [5, 5.41) is 0. The molecule has 0 aromatic carbocycles. The number of imidazole rings is 1. The molecule has 1 unspecified atom stereocenters. The second kappa shape index (κ2) is 4.59. The van der Waals surface area contributed by atoms with E-state index in [0.717, 1.165) is 22.3 Å². The number of aryl methyl sites for hydroxylation is 1. The first-order valence-electron chi connectivity index (χ1n) is 6.13. The minimum atomic E-state index is 0.102. The molecule has 0 aliphatic rings. The number of H-pyrrole nitrogens is 1. The molecule has 0 bridgehead atoms. The normalized spacial score (nSPS) is 12.7. The molecule has 1 atom stereocenters. The predicted octanol–water partition coefficient (Wildman–Crippen LogP) is 3.41. The molecule has 19 heavy (non-hydrogen) atoms. The van der Waals surface area contributed by atoms with Gasteiger partial charge in [-0.05, 0) is 49.3 Å². The monoisotopic (exact) mass is 270 g/mol. The maximum absolute atomic E-state index is 5.42. The molecule has 96 valence electrons. The molecule has 0 spiro atoms. The Balaban J connectivity index is 2.20. The van der Waals surface area contributed by atoms with Crippen molar-refractivity contribution in [2.45, 2.75) is 19.9 Å². The van der Waals surface area contributed by atoms with Gasteiger partial charge >= 0.3 is 0 Å². The second-order valence-corrected chi connectivity index (χ2v) is 5.03. The molecule has 4 nitrogen and oxygen atoms in total. The Hall–Kier alpha value is -2.01. The quantitative estimate of drug-likeness (QED) is 0.726. The third-order valence-corrected chi connectivity index (χ3v) is 3.54. The number of aromatic nitrogens is 4. The zero-order valence-corrected chi connectivity index (χ0v) is 11.6. The van der Waals surface area contributed by atoms with Crippen LogP contribution in [-0.4, -0.2) is 19.5 Å². The van der Waals surface area contributed by atoms with Gasteiger partial charge in [0, 0.05) is 18.6 Å². The van der Waals surface area contributed by atoms with Gasteiger partial charge in [0.25, 0.3) is 0 Å². The largest absolute Gasteiger partial charge is 0.329 e. The lowest BCUT2D eigenvalue weighted by atomic mass is 10.1. The van der Waals surface area contributed by atoms with Crippen LogP contribution in [0.4, 0.5) is 0 Å². The highest BCUT2D eigenvalue weighted by Gasteiger charge is 2.14. The Morgan fingerprint density at radius 3 is 2.95 bits per heavy atom. The fraction of sp³-hybridized carbons (Fsp3) is 0.214. The summed E-state index contributed by atoms with van der Waals surface area (Å²) in [5.74, 6) is 0. The van der Waals surface area contributed by atoms with E-state index < -0.39 is 0 Å². The number of hydrogen-bond donors (Lipinski definition) is 1. The maximum atomic E-state index is 5.42. The number of aromatic amines is 1. The van der Waals surface area contributed by atoms with Gasteiger partial charge in [0.05, 0.1) is 11.6 Å². The van der Waals surface area contributed by atoms with E-state index in [-0.39, 0.29) is 6.04 Å². The van der Waals surface area contributed by atoms with Crippen molar-refractivity contribution in [1.29, 1.82) is 0 Å². The maximum Gasteiger partial charge on any atom is 0.179 e. The summed E-state index contributed by atoms with van der Waals surface area (Å²) in [7, 11) is 0. The molecule has 0 amide bonds. The van der Waals surface area contributed by atoms with Crippen LogP contribution in [0.3, 0.4) is 0 Å². The van der Waals surface area contributed by atoms with E-state index in [1.54, 1.807) is 6.20 Å². The molecule has 0 saturated heterocycles. The topological polar surface area (TPSA) is 46.5 Å². The van der Waals surface area contributed by atoms with Crippen LogP contribution in [-0.2, 0) is 0 Å². The molecule has 3 heterocycles. The lowest BCUT2D eigenvalue weighted by molar-refractivity contribution is 0.641. The van der Waals surface area contributed by atoms with Crippen molar-refractivity contribution in [3.05, 3.63) is 52.7 Å². The standard InChI is InChI=1S/C14H14N4S/c1-9-6-12-13(16-7-9)18(14(19)17-12)10(2)11-4-3-5-15-8-11/h3-8,10H,1-2H3,(H,17,19). The average molecular weight is 270 g/mol. The zero-order chi connectivity index (χ0) is 13.4. The van der Waals surface area contributed by atoms with E-state index in [9.17, 15) is 0 Å². The van der Waals surface area contributed by atoms with E-state index in [4.69, 9.17) is 12.2 Å². The molecule has 1 N–H and O–H groups in total. The summed E-state index contributed by atoms with van der Waals surface area (Å²) < 4.78 is 2.71. The van der Waals surface area contributed by atoms with Crippen LogP contribution in [0.25, 0.3) is 11.2 Å². The third kappa shape index (κ3) is 2.06. The second-order valence-electron chi connectivity index (χ2n) is 4.65. The SMILES string of the molecule is Cc1cnc2c(c1)[nH]c(=S)n2C(C)c1cccnc1. The third-order valence-electron chi connectivity index (χ3n) is 3.25.